The first-order valence-corrected chi connectivity index (χ1v) is 8.65. The van der Waals surface area contributed by atoms with Crippen molar-refractivity contribution in [3.05, 3.63) is 37.0 Å². The Hall–Kier alpha value is -3.62. The van der Waals surface area contributed by atoms with Gasteiger partial charge in [0.05, 0.1) is 31.8 Å². The summed E-state index contributed by atoms with van der Waals surface area (Å²) in [5.74, 6) is 1.55. The van der Waals surface area contributed by atoms with Gasteiger partial charge >= 0.3 is 0 Å². The minimum absolute atomic E-state index is 0.0159. The lowest BCUT2D eigenvalue weighted by molar-refractivity contribution is -0.119. The number of amides is 1. The van der Waals surface area contributed by atoms with E-state index in [1.807, 2.05) is 6.07 Å². The van der Waals surface area contributed by atoms with Crippen LogP contribution in [0.1, 0.15) is 6.42 Å². The Kier molecular flexibility index (Phi) is 4.56. The zero-order valence-corrected chi connectivity index (χ0v) is 15.5. The van der Waals surface area contributed by atoms with Crippen molar-refractivity contribution in [1.82, 2.24) is 25.3 Å². The summed E-state index contributed by atoms with van der Waals surface area (Å²) in [7, 11) is 3.07. The van der Waals surface area contributed by atoms with E-state index in [2.05, 4.69) is 31.8 Å². The Morgan fingerprint density at radius 1 is 1.21 bits per heavy atom. The maximum absolute atomic E-state index is 11.5. The molecule has 1 fully saturated rings. The number of pyridine rings is 2. The molecule has 0 aromatic carbocycles. The van der Waals surface area contributed by atoms with Gasteiger partial charge in [-0.25, -0.2) is 15.0 Å². The number of aromatic nitrogens is 4. The van der Waals surface area contributed by atoms with E-state index >= 15 is 0 Å². The summed E-state index contributed by atoms with van der Waals surface area (Å²) < 4.78 is 16.4. The van der Waals surface area contributed by atoms with E-state index in [1.54, 1.807) is 25.7 Å². The Morgan fingerprint density at radius 3 is 2.79 bits per heavy atom. The van der Waals surface area contributed by atoms with Crippen molar-refractivity contribution in [2.75, 3.05) is 20.8 Å². The molecule has 1 saturated heterocycles. The average molecular weight is 381 g/mol. The molecule has 1 aliphatic rings. The molecule has 4 rings (SSSR count). The van der Waals surface area contributed by atoms with Gasteiger partial charge in [0.2, 0.25) is 11.8 Å². The third-order valence-corrected chi connectivity index (χ3v) is 4.56. The predicted octanol–water partition coefficient (Wildman–Crippen LogP) is 2.07. The first-order valence-electron chi connectivity index (χ1n) is 8.65. The van der Waals surface area contributed by atoms with Crippen LogP contribution in [0, 0.1) is 5.92 Å². The van der Waals surface area contributed by atoms with Gasteiger partial charge in [0, 0.05) is 30.6 Å². The molecule has 2 N–H and O–H groups in total. The summed E-state index contributed by atoms with van der Waals surface area (Å²) in [6.07, 6.45) is 3.56. The Balaban J connectivity index is 1.71. The molecule has 3 aromatic heterocycles. The SMILES string of the molecule is C=C(Oc1nc(-c2cnc(OC)c(OC)c2)cc2[nH]cnc12)[C@H]1CNC(=O)C1. The molecule has 0 bridgehead atoms. The highest BCUT2D eigenvalue weighted by Gasteiger charge is 2.26. The van der Waals surface area contributed by atoms with Crippen LogP contribution in [-0.4, -0.2) is 46.6 Å². The number of hydrogen-bond acceptors (Lipinski definition) is 7. The van der Waals surface area contributed by atoms with Crippen molar-refractivity contribution in [3.8, 4) is 28.8 Å². The van der Waals surface area contributed by atoms with Crippen LogP contribution in [-0.2, 0) is 4.79 Å². The number of nitrogens with zero attached hydrogens (tertiary/aromatic N) is 3. The normalized spacial score (nSPS) is 16.1. The van der Waals surface area contributed by atoms with Crippen LogP contribution in [0.25, 0.3) is 22.3 Å². The monoisotopic (exact) mass is 381 g/mol. The number of fused-ring (bicyclic) bond motifs is 1. The fraction of sp³-hybridized carbons (Fsp3) is 0.263. The summed E-state index contributed by atoms with van der Waals surface area (Å²) in [6, 6.07) is 3.63. The average Bonchev–Trinajstić information content (AvgIpc) is 3.36. The lowest BCUT2D eigenvalue weighted by Gasteiger charge is -2.14. The zero-order valence-electron chi connectivity index (χ0n) is 15.5. The molecule has 0 unspecified atom stereocenters. The number of aromatic amines is 1. The van der Waals surface area contributed by atoms with Crippen LogP contribution in [0.4, 0.5) is 0 Å². The lowest BCUT2D eigenvalue weighted by atomic mass is 10.1. The molecular weight excluding hydrogens is 362 g/mol. The highest BCUT2D eigenvalue weighted by atomic mass is 16.5. The second kappa shape index (κ2) is 7.18. The fourth-order valence-corrected chi connectivity index (χ4v) is 3.05. The number of rotatable bonds is 6. The molecule has 9 nitrogen and oxygen atoms in total. The van der Waals surface area contributed by atoms with Crippen molar-refractivity contribution >= 4 is 16.9 Å². The van der Waals surface area contributed by atoms with E-state index < -0.39 is 0 Å². The number of nitrogens with one attached hydrogen (secondary N) is 2. The number of carbonyl (C=O) groups excluding carboxylic acids is 1. The van der Waals surface area contributed by atoms with Crippen molar-refractivity contribution < 1.29 is 19.0 Å². The van der Waals surface area contributed by atoms with E-state index in [0.717, 1.165) is 11.1 Å². The first-order chi connectivity index (χ1) is 13.6. The van der Waals surface area contributed by atoms with Gasteiger partial charge in [0.1, 0.15) is 5.76 Å². The van der Waals surface area contributed by atoms with Crippen molar-refractivity contribution in [1.29, 1.82) is 0 Å². The summed E-state index contributed by atoms with van der Waals surface area (Å²) in [6.45, 7) is 4.47. The second-order valence-corrected chi connectivity index (χ2v) is 6.32. The summed E-state index contributed by atoms with van der Waals surface area (Å²) >= 11 is 0. The van der Waals surface area contributed by atoms with Gasteiger partial charge in [-0.15, -0.1) is 0 Å². The van der Waals surface area contributed by atoms with Crippen molar-refractivity contribution in [2.45, 2.75) is 6.42 Å². The predicted molar refractivity (Wildman–Crippen MR) is 101 cm³/mol. The minimum Gasteiger partial charge on any atom is -0.491 e. The van der Waals surface area contributed by atoms with E-state index in [-0.39, 0.29) is 11.8 Å². The molecule has 9 heteroatoms. The molecule has 0 radical (unpaired) electrons. The van der Waals surface area contributed by atoms with Crippen LogP contribution in [0.3, 0.4) is 0 Å². The standard InChI is InChI=1S/C19H19N5O4/c1-10(11-5-16(25)20-7-11)28-19-17-14(22-9-23-17)6-13(24-19)12-4-15(26-2)18(27-3)21-8-12/h4,6,8-9,11H,1,5,7H2,2-3H3,(H,20,25)(H,22,23)/t11-/m1/s1. The minimum atomic E-state index is -0.102. The third kappa shape index (κ3) is 3.22. The molecule has 0 aliphatic carbocycles. The smallest absolute Gasteiger partial charge is 0.256 e. The number of imidazole rings is 1. The van der Waals surface area contributed by atoms with Gasteiger partial charge < -0.3 is 24.5 Å². The molecule has 1 aliphatic heterocycles. The van der Waals surface area contributed by atoms with E-state index in [4.69, 9.17) is 14.2 Å². The van der Waals surface area contributed by atoms with Crippen LogP contribution in [0.5, 0.6) is 17.5 Å². The summed E-state index contributed by atoms with van der Waals surface area (Å²) in [5, 5.41) is 2.77. The zero-order chi connectivity index (χ0) is 19.7. The van der Waals surface area contributed by atoms with Crippen LogP contribution >= 0.6 is 0 Å². The maximum Gasteiger partial charge on any atom is 0.256 e. The number of hydrogen-bond donors (Lipinski definition) is 2. The second-order valence-electron chi connectivity index (χ2n) is 6.32. The third-order valence-electron chi connectivity index (χ3n) is 4.56. The molecule has 28 heavy (non-hydrogen) atoms. The number of ether oxygens (including phenoxy) is 3. The first kappa shape index (κ1) is 17.8. The van der Waals surface area contributed by atoms with Gasteiger partial charge in [0.25, 0.3) is 5.88 Å². The van der Waals surface area contributed by atoms with Crippen molar-refractivity contribution in [2.24, 2.45) is 5.92 Å². The molecule has 0 spiro atoms. The molecule has 3 aromatic rings. The quantitative estimate of drug-likeness (QED) is 0.629. The van der Waals surface area contributed by atoms with Crippen LogP contribution < -0.4 is 19.5 Å². The van der Waals surface area contributed by atoms with Crippen LogP contribution in [0.2, 0.25) is 0 Å². The molecule has 0 saturated carbocycles. The van der Waals surface area contributed by atoms with E-state index in [9.17, 15) is 4.79 Å². The number of carbonyl (C=O) groups is 1. The van der Waals surface area contributed by atoms with E-state index in [0.29, 0.717) is 47.4 Å². The Labute approximate surface area is 160 Å². The van der Waals surface area contributed by atoms with Crippen molar-refractivity contribution in [3.63, 3.8) is 0 Å². The molecule has 4 heterocycles. The summed E-state index contributed by atoms with van der Waals surface area (Å²) in [5.41, 5.74) is 2.68. The Bertz CT molecular complexity index is 1060. The molecule has 144 valence electrons. The summed E-state index contributed by atoms with van der Waals surface area (Å²) in [4.78, 5) is 27.7. The number of methoxy groups -OCH3 is 2. The van der Waals surface area contributed by atoms with Gasteiger partial charge in [-0.3, -0.25) is 4.79 Å². The molecule has 1 amide bonds. The molecular formula is C19H19N5O4. The number of H-pyrrole nitrogens is 1. The van der Waals surface area contributed by atoms with Gasteiger partial charge in [-0.2, -0.15) is 0 Å². The van der Waals surface area contributed by atoms with Gasteiger partial charge in [-0.1, -0.05) is 6.58 Å². The van der Waals surface area contributed by atoms with E-state index in [1.165, 1.54) is 7.11 Å². The maximum atomic E-state index is 11.5. The topological polar surface area (TPSA) is 111 Å². The van der Waals surface area contributed by atoms with Gasteiger partial charge in [0.15, 0.2) is 11.3 Å². The largest absolute Gasteiger partial charge is 0.491 e. The van der Waals surface area contributed by atoms with Gasteiger partial charge in [-0.05, 0) is 12.1 Å². The highest BCUT2D eigenvalue weighted by Crippen LogP contribution is 2.33. The fourth-order valence-electron chi connectivity index (χ4n) is 3.05. The Morgan fingerprint density at radius 2 is 2.07 bits per heavy atom. The highest BCUT2D eigenvalue weighted by molar-refractivity contribution is 5.84. The lowest BCUT2D eigenvalue weighted by Crippen LogP contribution is -2.15. The molecule has 1 atom stereocenters. The van der Waals surface area contributed by atoms with Crippen LogP contribution in [0.15, 0.2) is 37.0 Å².